The van der Waals surface area contributed by atoms with E-state index in [4.69, 9.17) is 0 Å². The number of fused-ring (bicyclic) bond motifs is 1. The molecule has 92 valence electrons. The SMILES string of the molecule is O=C1C=C(O)c2cc(-c3ccccc3)ccc2C1=O. The van der Waals surface area contributed by atoms with Gasteiger partial charge in [0, 0.05) is 17.2 Å². The van der Waals surface area contributed by atoms with E-state index in [0.717, 1.165) is 17.2 Å². The third-order valence-corrected chi connectivity index (χ3v) is 3.14. The first-order chi connectivity index (χ1) is 9.16. The Morgan fingerprint density at radius 2 is 1.53 bits per heavy atom. The molecule has 0 spiro atoms. The molecule has 0 fully saturated rings. The minimum atomic E-state index is -0.683. The number of carbonyl (C=O) groups excluding carboxylic acids is 2. The predicted octanol–water partition coefficient (Wildman–Crippen LogP) is 3.02. The molecule has 2 aromatic carbocycles. The van der Waals surface area contributed by atoms with E-state index in [-0.39, 0.29) is 11.3 Å². The van der Waals surface area contributed by atoms with Gasteiger partial charge in [-0.25, -0.2) is 0 Å². The smallest absolute Gasteiger partial charge is 0.233 e. The van der Waals surface area contributed by atoms with E-state index in [1.165, 1.54) is 0 Å². The molecular weight excluding hydrogens is 240 g/mol. The van der Waals surface area contributed by atoms with E-state index >= 15 is 0 Å². The predicted molar refractivity (Wildman–Crippen MR) is 71.8 cm³/mol. The van der Waals surface area contributed by atoms with Gasteiger partial charge in [-0.2, -0.15) is 0 Å². The van der Waals surface area contributed by atoms with Gasteiger partial charge >= 0.3 is 0 Å². The van der Waals surface area contributed by atoms with Crippen molar-refractivity contribution in [3.8, 4) is 11.1 Å². The highest BCUT2D eigenvalue weighted by Gasteiger charge is 2.25. The highest BCUT2D eigenvalue weighted by molar-refractivity contribution is 6.50. The summed E-state index contributed by atoms with van der Waals surface area (Å²) < 4.78 is 0. The zero-order valence-electron chi connectivity index (χ0n) is 9.96. The minimum absolute atomic E-state index is 0.155. The number of allylic oxidation sites excluding steroid dienone is 1. The lowest BCUT2D eigenvalue weighted by Gasteiger charge is -2.13. The zero-order valence-corrected chi connectivity index (χ0v) is 9.96. The first-order valence-electron chi connectivity index (χ1n) is 5.86. The van der Waals surface area contributed by atoms with Crippen molar-refractivity contribution in [2.45, 2.75) is 0 Å². The molecule has 3 nitrogen and oxygen atoms in total. The van der Waals surface area contributed by atoms with E-state index in [2.05, 4.69) is 0 Å². The van der Waals surface area contributed by atoms with Gasteiger partial charge in [0.2, 0.25) is 11.6 Å². The highest BCUT2D eigenvalue weighted by Crippen LogP contribution is 2.28. The molecule has 1 aliphatic carbocycles. The molecular formula is C16H10O3. The van der Waals surface area contributed by atoms with E-state index in [1.807, 2.05) is 30.3 Å². The van der Waals surface area contributed by atoms with Gasteiger partial charge in [-0.1, -0.05) is 36.4 Å². The van der Waals surface area contributed by atoms with Crippen molar-refractivity contribution in [3.05, 3.63) is 65.7 Å². The van der Waals surface area contributed by atoms with Gasteiger partial charge in [0.25, 0.3) is 0 Å². The third kappa shape index (κ3) is 1.85. The number of Topliss-reactive ketones (excluding diaryl/α,β-unsaturated/α-hetero) is 1. The summed E-state index contributed by atoms with van der Waals surface area (Å²) in [6.07, 6.45) is 0.972. The van der Waals surface area contributed by atoms with Crippen LogP contribution >= 0.6 is 0 Å². The second-order valence-electron chi connectivity index (χ2n) is 4.35. The summed E-state index contributed by atoms with van der Waals surface area (Å²) >= 11 is 0. The van der Waals surface area contributed by atoms with Crippen LogP contribution in [0, 0.1) is 0 Å². The van der Waals surface area contributed by atoms with Gasteiger partial charge in [0.1, 0.15) is 5.76 Å². The number of benzene rings is 2. The second-order valence-corrected chi connectivity index (χ2v) is 4.35. The number of rotatable bonds is 1. The molecule has 0 atom stereocenters. The molecule has 0 unspecified atom stereocenters. The molecule has 1 N–H and O–H groups in total. The van der Waals surface area contributed by atoms with Crippen molar-refractivity contribution in [2.24, 2.45) is 0 Å². The van der Waals surface area contributed by atoms with Gasteiger partial charge in [0.05, 0.1) is 0 Å². The van der Waals surface area contributed by atoms with Crippen LogP contribution in [0.3, 0.4) is 0 Å². The summed E-state index contributed by atoms with van der Waals surface area (Å²) in [6, 6.07) is 14.7. The van der Waals surface area contributed by atoms with Crippen molar-refractivity contribution >= 4 is 17.3 Å². The van der Waals surface area contributed by atoms with Crippen molar-refractivity contribution in [1.29, 1.82) is 0 Å². The molecule has 0 aliphatic heterocycles. The molecule has 19 heavy (non-hydrogen) atoms. The van der Waals surface area contributed by atoms with Crippen LogP contribution in [0.1, 0.15) is 15.9 Å². The lowest BCUT2D eigenvalue weighted by molar-refractivity contribution is -0.111. The first kappa shape index (κ1) is 11.4. The Bertz CT molecular complexity index is 712. The minimum Gasteiger partial charge on any atom is -0.507 e. The molecule has 0 amide bonds. The molecule has 1 aliphatic rings. The van der Waals surface area contributed by atoms with Gasteiger partial charge in [0.15, 0.2) is 0 Å². The Morgan fingerprint density at radius 3 is 2.26 bits per heavy atom. The van der Waals surface area contributed by atoms with Crippen molar-refractivity contribution in [2.75, 3.05) is 0 Å². The van der Waals surface area contributed by atoms with Gasteiger partial charge in [-0.05, 0) is 23.3 Å². The van der Waals surface area contributed by atoms with E-state index in [1.54, 1.807) is 18.2 Å². The van der Waals surface area contributed by atoms with E-state index in [0.29, 0.717) is 5.56 Å². The van der Waals surface area contributed by atoms with Crippen LogP contribution in [0.4, 0.5) is 0 Å². The standard InChI is InChI=1S/C16H10O3/c17-14-9-15(18)16(19)12-7-6-11(8-13(12)14)10-4-2-1-3-5-10/h1-9,17H. The Morgan fingerprint density at radius 1 is 0.789 bits per heavy atom. The van der Waals surface area contributed by atoms with Crippen LogP contribution in [0.2, 0.25) is 0 Å². The number of aliphatic hydroxyl groups is 1. The Balaban J connectivity index is 2.17. The molecule has 0 saturated carbocycles. The highest BCUT2D eigenvalue weighted by atomic mass is 16.3. The Kier molecular flexibility index (Phi) is 2.53. The fourth-order valence-electron chi connectivity index (χ4n) is 2.16. The van der Waals surface area contributed by atoms with Gasteiger partial charge in [-0.15, -0.1) is 0 Å². The fourth-order valence-corrected chi connectivity index (χ4v) is 2.16. The number of aliphatic hydroxyl groups excluding tert-OH is 1. The van der Waals surface area contributed by atoms with Gasteiger partial charge < -0.3 is 5.11 Å². The number of hydrogen-bond donors (Lipinski definition) is 1. The summed E-state index contributed by atoms with van der Waals surface area (Å²) in [7, 11) is 0. The number of ketones is 2. The van der Waals surface area contributed by atoms with Crippen LogP contribution in [-0.2, 0) is 4.79 Å². The maximum absolute atomic E-state index is 11.7. The molecule has 2 aromatic rings. The summed E-state index contributed by atoms with van der Waals surface area (Å²) in [6.45, 7) is 0. The lowest BCUT2D eigenvalue weighted by Crippen LogP contribution is -2.18. The molecule has 0 radical (unpaired) electrons. The van der Waals surface area contributed by atoms with Crippen LogP contribution in [0.15, 0.2) is 54.6 Å². The maximum atomic E-state index is 11.7. The monoisotopic (exact) mass is 250 g/mol. The maximum Gasteiger partial charge on any atom is 0.233 e. The normalized spacial score (nSPS) is 14.0. The topological polar surface area (TPSA) is 54.4 Å². The third-order valence-electron chi connectivity index (χ3n) is 3.14. The van der Waals surface area contributed by atoms with Crippen LogP contribution in [-0.4, -0.2) is 16.7 Å². The first-order valence-corrected chi connectivity index (χ1v) is 5.86. The largest absolute Gasteiger partial charge is 0.507 e. The van der Waals surface area contributed by atoms with Crippen molar-refractivity contribution in [3.63, 3.8) is 0 Å². The molecule has 0 heterocycles. The summed E-state index contributed by atoms with van der Waals surface area (Å²) in [5, 5.41) is 9.81. The summed E-state index contributed by atoms with van der Waals surface area (Å²) in [5.41, 5.74) is 2.54. The Labute approximate surface area is 109 Å². The van der Waals surface area contributed by atoms with Crippen LogP contribution in [0.5, 0.6) is 0 Å². The van der Waals surface area contributed by atoms with Crippen LogP contribution in [0.25, 0.3) is 16.9 Å². The quantitative estimate of drug-likeness (QED) is 0.791. The average molecular weight is 250 g/mol. The fraction of sp³-hybridized carbons (Fsp3) is 0. The molecule has 0 aromatic heterocycles. The number of carbonyl (C=O) groups is 2. The van der Waals surface area contributed by atoms with E-state index in [9.17, 15) is 14.7 Å². The van der Waals surface area contributed by atoms with E-state index < -0.39 is 11.6 Å². The number of hydrogen-bond acceptors (Lipinski definition) is 3. The summed E-state index contributed by atoms with van der Waals surface area (Å²) in [5.74, 6) is -1.41. The van der Waals surface area contributed by atoms with Crippen molar-refractivity contribution < 1.29 is 14.7 Å². The molecule has 0 saturated heterocycles. The lowest BCUT2D eigenvalue weighted by atomic mass is 9.91. The Hall–Kier alpha value is -2.68. The molecule has 3 rings (SSSR count). The molecule has 3 heteroatoms. The summed E-state index contributed by atoms with van der Waals surface area (Å²) in [4.78, 5) is 23.0. The van der Waals surface area contributed by atoms with Crippen LogP contribution < -0.4 is 0 Å². The van der Waals surface area contributed by atoms with Gasteiger partial charge in [-0.3, -0.25) is 9.59 Å². The molecule has 0 bridgehead atoms. The zero-order chi connectivity index (χ0) is 13.4. The average Bonchev–Trinajstić information content (AvgIpc) is 2.45. The van der Waals surface area contributed by atoms with Crippen molar-refractivity contribution in [1.82, 2.24) is 0 Å². The second kappa shape index (κ2) is 4.21.